The van der Waals surface area contributed by atoms with Crippen LogP contribution in [0.1, 0.15) is 35.5 Å². The molecule has 0 bridgehead atoms. The Labute approximate surface area is 258 Å². The number of hydrogen-bond donors (Lipinski definition) is 2. The molecule has 0 spiro atoms. The standard InChI is InChI=1S/C32H29Cl2N3O6/c1-3-41-32(40)23-11-9-22(10-12-23)28-16-14-25(43-28)19-35-37-31(39)27(17-21-7-5-4-6-8-21)36-30(38)20(2)42-29-15-13-24(33)18-26(29)34/h4-16,18-20,27H,3,17H2,1-2H3,(H,36,38)(H,37,39)/b35-19-/t20-,27-/m0/s1. The van der Waals surface area contributed by atoms with E-state index in [-0.39, 0.29) is 17.2 Å². The van der Waals surface area contributed by atoms with Crippen molar-refractivity contribution in [2.24, 2.45) is 5.10 Å². The summed E-state index contributed by atoms with van der Waals surface area (Å²) in [5.74, 6) is -0.230. The van der Waals surface area contributed by atoms with Gasteiger partial charge in [0.25, 0.3) is 11.8 Å². The van der Waals surface area contributed by atoms with Gasteiger partial charge in [-0.3, -0.25) is 9.59 Å². The molecule has 0 aliphatic rings. The predicted octanol–water partition coefficient (Wildman–Crippen LogP) is 6.08. The first-order valence-corrected chi connectivity index (χ1v) is 14.2. The number of hydrogen-bond acceptors (Lipinski definition) is 7. The van der Waals surface area contributed by atoms with Crippen molar-refractivity contribution >= 4 is 47.2 Å². The Kier molecular flexibility index (Phi) is 11.0. The Morgan fingerprint density at radius 1 is 0.953 bits per heavy atom. The van der Waals surface area contributed by atoms with E-state index in [9.17, 15) is 14.4 Å². The summed E-state index contributed by atoms with van der Waals surface area (Å²) in [5.41, 5.74) is 4.50. The van der Waals surface area contributed by atoms with Crippen LogP contribution in [0.25, 0.3) is 11.3 Å². The summed E-state index contributed by atoms with van der Waals surface area (Å²) in [5, 5.41) is 7.45. The zero-order valence-corrected chi connectivity index (χ0v) is 24.9. The molecule has 2 amide bonds. The highest BCUT2D eigenvalue weighted by Gasteiger charge is 2.25. The SMILES string of the molecule is CCOC(=O)c1ccc(-c2ccc(/C=N\NC(=O)[C@H](Cc3ccccc3)NC(=O)[C@H](C)Oc3ccc(Cl)cc3Cl)o2)cc1. The lowest BCUT2D eigenvalue weighted by molar-refractivity contribution is -0.132. The second-order valence-corrected chi connectivity index (χ2v) is 10.2. The van der Waals surface area contributed by atoms with Crippen LogP contribution < -0.4 is 15.5 Å². The van der Waals surface area contributed by atoms with Crippen molar-refractivity contribution in [3.63, 3.8) is 0 Å². The summed E-state index contributed by atoms with van der Waals surface area (Å²) in [7, 11) is 0. The van der Waals surface area contributed by atoms with Crippen LogP contribution in [0, 0.1) is 0 Å². The van der Waals surface area contributed by atoms with Gasteiger partial charge in [0, 0.05) is 17.0 Å². The first-order chi connectivity index (χ1) is 20.7. The minimum atomic E-state index is -0.957. The van der Waals surface area contributed by atoms with Crippen LogP contribution in [0.15, 0.2) is 94.4 Å². The van der Waals surface area contributed by atoms with Gasteiger partial charge in [-0.05, 0) is 61.9 Å². The fraction of sp³-hybridized carbons (Fsp3) is 0.188. The Bertz CT molecular complexity index is 1590. The summed E-state index contributed by atoms with van der Waals surface area (Å²) in [4.78, 5) is 38.0. The van der Waals surface area contributed by atoms with Gasteiger partial charge in [0.1, 0.15) is 23.3 Å². The number of benzene rings is 3. The molecular formula is C32H29Cl2N3O6. The van der Waals surface area contributed by atoms with Gasteiger partial charge in [-0.1, -0.05) is 65.7 Å². The van der Waals surface area contributed by atoms with E-state index in [4.69, 9.17) is 37.1 Å². The van der Waals surface area contributed by atoms with Gasteiger partial charge >= 0.3 is 5.97 Å². The smallest absolute Gasteiger partial charge is 0.338 e. The van der Waals surface area contributed by atoms with Crippen LogP contribution in [0.3, 0.4) is 0 Å². The van der Waals surface area contributed by atoms with Gasteiger partial charge in [0.05, 0.1) is 23.4 Å². The van der Waals surface area contributed by atoms with Crippen LogP contribution >= 0.6 is 23.2 Å². The average Bonchev–Trinajstić information content (AvgIpc) is 3.47. The van der Waals surface area contributed by atoms with Crippen molar-refractivity contribution in [3.05, 3.63) is 112 Å². The van der Waals surface area contributed by atoms with Crippen molar-refractivity contribution < 1.29 is 28.3 Å². The number of halogens is 2. The topological polar surface area (TPSA) is 119 Å². The Morgan fingerprint density at radius 3 is 2.40 bits per heavy atom. The van der Waals surface area contributed by atoms with Crippen LogP contribution in [-0.4, -0.2) is 42.8 Å². The number of hydrazone groups is 1. The molecule has 4 rings (SSSR count). The monoisotopic (exact) mass is 621 g/mol. The molecule has 2 N–H and O–H groups in total. The maximum Gasteiger partial charge on any atom is 0.338 e. The van der Waals surface area contributed by atoms with Crippen molar-refractivity contribution in [1.82, 2.24) is 10.7 Å². The third kappa shape index (κ3) is 8.94. The summed E-state index contributed by atoms with van der Waals surface area (Å²) in [6, 6.07) is 23.2. The largest absolute Gasteiger partial charge is 0.479 e. The number of furan rings is 1. The van der Waals surface area contributed by atoms with Gasteiger partial charge in [-0.15, -0.1) is 0 Å². The quantitative estimate of drug-likeness (QED) is 0.112. The molecule has 0 aliphatic carbocycles. The third-order valence-corrected chi connectivity index (χ3v) is 6.69. The van der Waals surface area contributed by atoms with E-state index in [2.05, 4.69) is 15.8 Å². The fourth-order valence-corrected chi connectivity index (χ4v) is 4.42. The minimum Gasteiger partial charge on any atom is -0.479 e. The maximum atomic E-state index is 13.1. The van der Waals surface area contributed by atoms with Gasteiger partial charge < -0.3 is 19.2 Å². The summed E-state index contributed by atoms with van der Waals surface area (Å²) >= 11 is 12.1. The molecule has 0 unspecified atom stereocenters. The number of ether oxygens (including phenoxy) is 2. The van der Waals surface area contributed by atoms with E-state index < -0.39 is 29.9 Å². The molecular weight excluding hydrogens is 593 g/mol. The molecule has 1 aromatic heterocycles. The molecule has 3 aromatic carbocycles. The number of esters is 1. The first-order valence-electron chi connectivity index (χ1n) is 13.4. The third-order valence-electron chi connectivity index (χ3n) is 6.16. The second-order valence-electron chi connectivity index (χ2n) is 9.32. The van der Waals surface area contributed by atoms with Crippen molar-refractivity contribution in [2.45, 2.75) is 32.4 Å². The van der Waals surface area contributed by atoms with E-state index in [0.29, 0.717) is 28.7 Å². The maximum absolute atomic E-state index is 13.1. The number of rotatable bonds is 12. The van der Waals surface area contributed by atoms with Crippen LogP contribution in [0.4, 0.5) is 0 Å². The number of carbonyl (C=O) groups excluding carboxylic acids is 3. The lowest BCUT2D eigenvalue weighted by Crippen LogP contribution is -2.50. The van der Waals surface area contributed by atoms with Gasteiger partial charge in [-0.25, -0.2) is 10.2 Å². The van der Waals surface area contributed by atoms with E-state index in [1.807, 2.05) is 30.3 Å². The van der Waals surface area contributed by atoms with Gasteiger partial charge in [-0.2, -0.15) is 5.10 Å². The summed E-state index contributed by atoms with van der Waals surface area (Å²) in [6.45, 7) is 3.59. The lowest BCUT2D eigenvalue weighted by atomic mass is 10.1. The van der Waals surface area contributed by atoms with E-state index >= 15 is 0 Å². The van der Waals surface area contributed by atoms with Crippen LogP contribution in [0.5, 0.6) is 5.75 Å². The number of nitrogens with one attached hydrogen (secondary N) is 2. The molecule has 2 atom stereocenters. The fourth-order valence-electron chi connectivity index (χ4n) is 3.96. The first kappa shape index (κ1) is 31.3. The van der Waals surface area contributed by atoms with E-state index in [0.717, 1.165) is 11.1 Å². The van der Waals surface area contributed by atoms with Gasteiger partial charge in [0.15, 0.2) is 6.10 Å². The molecule has 0 radical (unpaired) electrons. The predicted molar refractivity (Wildman–Crippen MR) is 164 cm³/mol. The van der Waals surface area contributed by atoms with E-state index in [1.54, 1.807) is 62.4 Å². The summed E-state index contributed by atoms with van der Waals surface area (Å²) < 4.78 is 16.5. The number of carbonyl (C=O) groups is 3. The molecule has 4 aromatic rings. The zero-order valence-electron chi connectivity index (χ0n) is 23.4. The second kappa shape index (κ2) is 15.0. The highest BCUT2D eigenvalue weighted by Crippen LogP contribution is 2.28. The molecule has 222 valence electrons. The molecule has 9 nitrogen and oxygen atoms in total. The molecule has 0 aliphatic heterocycles. The molecule has 0 saturated carbocycles. The highest BCUT2D eigenvalue weighted by atomic mass is 35.5. The molecule has 43 heavy (non-hydrogen) atoms. The Morgan fingerprint density at radius 2 is 1.70 bits per heavy atom. The van der Waals surface area contributed by atoms with Crippen molar-refractivity contribution in [3.8, 4) is 17.1 Å². The highest BCUT2D eigenvalue weighted by molar-refractivity contribution is 6.35. The van der Waals surface area contributed by atoms with Crippen LogP contribution in [-0.2, 0) is 20.7 Å². The summed E-state index contributed by atoms with van der Waals surface area (Å²) in [6.07, 6.45) is 0.611. The Hall–Kier alpha value is -4.60. The lowest BCUT2D eigenvalue weighted by Gasteiger charge is -2.21. The van der Waals surface area contributed by atoms with Crippen molar-refractivity contribution in [1.29, 1.82) is 0 Å². The minimum absolute atomic E-state index is 0.217. The molecule has 0 saturated heterocycles. The average molecular weight is 623 g/mol. The molecule has 0 fully saturated rings. The van der Waals surface area contributed by atoms with E-state index in [1.165, 1.54) is 12.3 Å². The number of amides is 2. The number of nitrogens with zero attached hydrogens (tertiary/aromatic N) is 1. The normalized spacial score (nSPS) is 12.4. The Balaban J connectivity index is 1.40. The van der Waals surface area contributed by atoms with Gasteiger partial charge in [0.2, 0.25) is 0 Å². The van der Waals surface area contributed by atoms with Crippen molar-refractivity contribution in [2.75, 3.05) is 6.61 Å². The molecule has 11 heteroatoms. The molecule has 1 heterocycles. The van der Waals surface area contributed by atoms with Crippen LogP contribution in [0.2, 0.25) is 10.0 Å². The zero-order chi connectivity index (χ0) is 30.8.